The molecule has 148 valence electrons. The monoisotopic (exact) mass is 389 g/mol. The molecule has 0 aromatic heterocycles. The van der Waals surface area contributed by atoms with E-state index in [0.717, 1.165) is 31.3 Å². The van der Waals surface area contributed by atoms with Gasteiger partial charge in [0.25, 0.3) is 0 Å². The van der Waals surface area contributed by atoms with Gasteiger partial charge in [0, 0.05) is 51.9 Å². The van der Waals surface area contributed by atoms with Crippen LogP contribution in [0.25, 0.3) is 0 Å². The Bertz CT molecular complexity index is 838. The van der Waals surface area contributed by atoms with Crippen LogP contribution < -0.4 is 0 Å². The molecule has 0 N–H and O–H groups in total. The number of rotatable bonds is 4. The lowest BCUT2D eigenvalue weighted by Crippen LogP contribution is -2.64. The molecule has 28 heavy (non-hydrogen) atoms. The summed E-state index contributed by atoms with van der Waals surface area (Å²) < 4.78 is 40.0. The van der Waals surface area contributed by atoms with Crippen LogP contribution in [0.4, 0.5) is 13.2 Å². The molecule has 2 aromatic rings. The minimum atomic E-state index is -0.590. The van der Waals surface area contributed by atoms with E-state index >= 15 is 0 Å². The molecule has 2 aliphatic heterocycles. The van der Waals surface area contributed by atoms with Crippen molar-refractivity contribution < 1.29 is 18.0 Å². The molecule has 7 heteroatoms. The molecule has 0 bridgehead atoms. The lowest BCUT2D eigenvalue weighted by molar-refractivity contribution is -0.146. The van der Waals surface area contributed by atoms with E-state index in [1.54, 1.807) is 17.0 Å². The van der Waals surface area contributed by atoms with Crippen molar-refractivity contribution in [2.75, 3.05) is 32.7 Å². The summed E-state index contributed by atoms with van der Waals surface area (Å²) in [5, 5.41) is 0. The van der Waals surface area contributed by atoms with Crippen molar-refractivity contribution in [1.29, 1.82) is 0 Å². The summed E-state index contributed by atoms with van der Waals surface area (Å²) in [5.74, 6) is -1.43. The van der Waals surface area contributed by atoms with Crippen molar-refractivity contribution >= 4 is 5.91 Å². The van der Waals surface area contributed by atoms with Crippen LogP contribution in [0, 0.1) is 17.5 Å². The normalized spacial score (nSPS) is 21.0. The highest BCUT2D eigenvalue weighted by Crippen LogP contribution is 2.21. The number of hydrogen-bond donors (Lipinski definition) is 0. The van der Waals surface area contributed by atoms with Gasteiger partial charge in [-0.1, -0.05) is 12.1 Å². The highest BCUT2D eigenvalue weighted by molar-refractivity contribution is 5.83. The van der Waals surface area contributed by atoms with E-state index in [2.05, 4.69) is 9.80 Å². The standard InChI is InChI=1S/C21H22F3N3O/c22-17-3-1-15(2-4-17)13-27-8-7-26-6-5-25(14-20(26)21(27)28)12-16-9-18(23)11-19(24)10-16/h1-4,9-11,20H,5-8,12-14H2/t20-/m0/s1. The van der Waals surface area contributed by atoms with Gasteiger partial charge in [0.05, 0.1) is 0 Å². The number of fused-ring (bicyclic) bond motifs is 1. The van der Waals surface area contributed by atoms with Gasteiger partial charge < -0.3 is 4.90 Å². The molecule has 4 rings (SSSR count). The molecule has 0 saturated carbocycles. The van der Waals surface area contributed by atoms with Gasteiger partial charge in [-0.15, -0.1) is 0 Å². The number of amides is 1. The topological polar surface area (TPSA) is 26.8 Å². The molecule has 0 unspecified atom stereocenters. The Balaban J connectivity index is 1.42. The number of carbonyl (C=O) groups excluding carboxylic acids is 1. The molecule has 2 aliphatic rings. The average Bonchev–Trinajstić information content (AvgIpc) is 2.65. The van der Waals surface area contributed by atoms with Gasteiger partial charge in [-0.25, -0.2) is 13.2 Å². The maximum absolute atomic E-state index is 13.4. The summed E-state index contributed by atoms with van der Waals surface area (Å²) in [4.78, 5) is 19.0. The minimum Gasteiger partial charge on any atom is -0.336 e. The summed E-state index contributed by atoms with van der Waals surface area (Å²) in [6.07, 6.45) is 0. The molecule has 1 atom stereocenters. The first-order valence-corrected chi connectivity index (χ1v) is 9.42. The fourth-order valence-electron chi connectivity index (χ4n) is 4.02. The van der Waals surface area contributed by atoms with E-state index in [-0.39, 0.29) is 17.8 Å². The van der Waals surface area contributed by atoms with Gasteiger partial charge >= 0.3 is 0 Å². The van der Waals surface area contributed by atoms with E-state index in [0.29, 0.717) is 31.7 Å². The second-order valence-corrected chi connectivity index (χ2v) is 7.45. The molecule has 0 spiro atoms. The fourth-order valence-corrected chi connectivity index (χ4v) is 4.02. The maximum atomic E-state index is 13.4. The van der Waals surface area contributed by atoms with Gasteiger partial charge in [0.2, 0.25) is 5.91 Å². The van der Waals surface area contributed by atoms with Crippen molar-refractivity contribution in [3.63, 3.8) is 0 Å². The average molecular weight is 389 g/mol. The number of carbonyl (C=O) groups is 1. The first-order valence-electron chi connectivity index (χ1n) is 9.42. The molecule has 2 saturated heterocycles. The maximum Gasteiger partial charge on any atom is 0.241 e. The molecule has 2 fully saturated rings. The lowest BCUT2D eigenvalue weighted by atomic mass is 10.1. The SMILES string of the molecule is O=C1[C@@H]2CN(Cc3cc(F)cc(F)c3)CCN2CCN1Cc1ccc(F)cc1. The van der Waals surface area contributed by atoms with Gasteiger partial charge in [0.1, 0.15) is 23.5 Å². The fraction of sp³-hybridized carbons (Fsp3) is 0.381. The van der Waals surface area contributed by atoms with Crippen molar-refractivity contribution in [1.82, 2.24) is 14.7 Å². The highest BCUT2D eigenvalue weighted by Gasteiger charge is 2.38. The number of halogens is 3. The Morgan fingerprint density at radius 2 is 1.46 bits per heavy atom. The van der Waals surface area contributed by atoms with E-state index in [9.17, 15) is 18.0 Å². The first kappa shape index (κ1) is 19.0. The van der Waals surface area contributed by atoms with E-state index < -0.39 is 11.6 Å². The first-order chi connectivity index (χ1) is 13.5. The summed E-state index contributed by atoms with van der Waals surface area (Å²) >= 11 is 0. The zero-order valence-electron chi connectivity index (χ0n) is 15.5. The molecule has 0 aliphatic carbocycles. The van der Waals surface area contributed by atoms with E-state index in [1.807, 2.05) is 0 Å². The molecule has 0 radical (unpaired) electrons. The Hall–Kier alpha value is -2.38. The third-order valence-electron chi connectivity index (χ3n) is 5.44. The smallest absolute Gasteiger partial charge is 0.241 e. The zero-order valence-corrected chi connectivity index (χ0v) is 15.5. The molecule has 4 nitrogen and oxygen atoms in total. The van der Waals surface area contributed by atoms with Gasteiger partial charge in [0.15, 0.2) is 0 Å². The minimum absolute atomic E-state index is 0.0469. The quantitative estimate of drug-likeness (QED) is 0.805. The van der Waals surface area contributed by atoms with Crippen molar-refractivity contribution in [3.8, 4) is 0 Å². The van der Waals surface area contributed by atoms with E-state index in [4.69, 9.17) is 0 Å². The van der Waals surface area contributed by atoms with Crippen LogP contribution in [0.3, 0.4) is 0 Å². The van der Waals surface area contributed by atoms with Crippen LogP contribution in [0.2, 0.25) is 0 Å². The highest BCUT2D eigenvalue weighted by atomic mass is 19.1. The number of piperazine rings is 2. The van der Waals surface area contributed by atoms with Crippen LogP contribution in [-0.4, -0.2) is 59.4 Å². The number of hydrogen-bond acceptors (Lipinski definition) is 3. The summed E-state index contributed by atoms with van der Waals surface area (Å²) in [7, 11) is 0. The Morgan fingerprint density at radius 1 is 0.786 bits per heavy atom. The van der Waals surface area contributed by atoms with Crippen LogP contribution in [0.1, 0.15) is 11.1 Å². The van der Waals surface area contributed by atoms with Crippen LogP contribution in [0.5, 0.6) is 0 Å². The third-order valence-corrected chi connectivity index (χ3v) is 5.44. The molecular formula is C21H22F3N3O. The van der Waals surface area contributed by atoms with E-state index in [1.165, 1.54) is 24.3 Å². The Morgan fingerprint density at radius 3 is 2.18 bits per heavy atom. The molecule has 1 amide bonds. The van der Waals surface area contributed by atoms with Gasteiger partial charge in [-0.05, 0) is 35.4 Å². The zero-order chi connectivity index (χ0) is 19.7. The van der Waals surface area contributed by atoms with Crippen molar-refractivity contribution in [2.24, 2.45) is 0 Å². The third kappa shape index (κ3) is 4.20. The predicted octanol–water partition coefficient (Wildman–Crippen LogP) is 2.63. The number of nitrogens with zero attached hydrogens (tertiary/aromatic N) is 3. The summed E-state index contributed by atoms with van der Waals surface area (Å²) in [6, 6.07) is 9.45. The Labute approximate surface area is 162 Å². The predicted molar refractivity (Wildman–Crippen MR) is 98.8 cm³/mol. The second kappa shape index (κ2) is 7.93. The van der Waals surface area contributed by atoms with Crippen LogP contribution >= 0.6 is 0 Å². The molecular weight excluding hydrogens is 367 g/mol. The van der Waals surface area contributed by atoms with Crippen molar-refractivity contribution in [2.45, 2.75) is 19.1 Å². The number of benzene rings is 2. The van der Waals surface area contributed by atoms with Gasteiger partial charge in [-0.2, -0.15) is 0 Å². The largest absolute Gasteiger partial charge is 0.336 e. The summed E-state index contributed by atoms with van der Waals surface area (Å²) in [5.41, 5.74) is 1.46. The van der Waals surface area contributed by atoms with Crippen LogP contribution in [0.15, 0.2) is 42.5 Å². The van der Waals surface area contributed by atoms with Crippen LogP contribution in [-0.2, 0) is 17.9 Å². The summed E-state index contributed by atoms with van der Waals surface area (Å²) in [6.45, 7) is 4.32. The van der Waals surface area contributed by atoms with Crippen molar-refractivity contribution in [3.05, 3.63) is 71.0 Å². The molecule has 2 aromatic carbocycles. The lowest BCUT2D eigenvalue weighted by Gasteiger charge is -2.46. The Kier molecular flexibility index (Phi) is 5.37. The molecule has 2 heterocycles. The van der Waals surface area contributed by atoms with Gasteiger partial charge in [-0.3, -0.25) is 14.6 Å². The second-order valence-electron chi connectivity index (χ2n) is 7.45.